The van der Waals surface area contributed by atoms with E-state index in [9.17, 15) is 14.4 Å². The number of nitrogens with two attached hydrogens (primary N) is 1. The smallest absolute Gasteiger partial charge is 0.322 e. The molecule has 1 aliphatic heterocycles. The van der Waals surface area contributed by atoms with Gasteiger partial charge in [-0.3, -0.25) is 14.9 Å². The van der Waals surface area contributed by atoms with Crippen molar-refractivity contribution in [2.24, 2.45) is 5.73 Å². The van der Waals surface area contributed by atoms with E-state index in [1.54, 1.807) is 31.2 Å². The van der Waals surface area contributed by atoms with E-state index >= 15 is 0 Å². The van der Waals surface area contributed by atoms with Gasteiger partial charge in [0.05, 0.1) is 0 Å². The molecule has 0 aromatic heterocycles. The summed E-state index contributed by atoms with van der Waals surface area (Å²) in [5.41, 5.74) is 7.66. The first-order valence-electron chi connectivity index (χ1n) is 8.72. The number of benzene rings is 2. The minimum Gasteiger partial charge on any atom is -0.348 e. The fourth-order valence-corrected chi connectivity index (χ4v) is 2.98. The predicted molar refractivity (Wildman–Crippen MR) is 101 cm³/mol. The summed E-state index contributed by atoms with van der Waals surface area (Å²) in [5, 5.41) is 7.68. The first kappa shape index (κ1) is 18.6. The van der Waals surface area contributed by atoms with E-state index in [4.69, 9.17) is 5.73 Å². The van der Waals surface area contributed by atoms with Crippen molar-refractivity contribution in [3.8, 4) is 0 Å². The van der Waals surface area contributed by atoms with Gasteiger partial charge in [-0.15, -0.1) is 0 Å². The van der Waals surface area contributed by atoms with E-state index in [2.05, 4.69) is 16.0 Å². The van der Waals surface area contributed by atoms with E-state index in [0.29, 0.717) is 24.2 Å². The fourth-order valence-electron chi connectivity index (χ4n) is 2.98. The van der Waals surface area contributed by atoms with Gasteiger partial charge in [0.2, 0.25) is 0 Å². The molecular formula is C20H22N4O3. The Morgan fingerprint density at radius 3 is 2.22 bits per heavy atom. The van der Waals surface area contributed by atoms with Crippen molar-refractivity contribution >= 4 is 17.8 Å². The van der Waals surface area contributed by atoms with Crippen molar-refractivity contribution < 1.29 is 14.4 Å². The maximum atomic E-state index is 12.3. The zero-order valence-electron chi connectivity index (χ0n) is 15.0. The van der Waals surface area contributed by atoms with Gasteiger partial charge in [-0.2, -0.15) is 0 Å². The Kier molecular flexibility index (Phi) is 5.23. The number of rotatable bonds is 6. The number of hydrogen-bond donors (Lipinski definition) is 4. The van der Waals surface area contributed by atoms with Gasteiger partial charge in [0.25, 0.3) is 11.8 Å². The molecule has 0 spiro atoms. The number of amides is 4. The van der Waals surface area contributed by atoms with Crippen LogP contribution in [0.2, 0.25) is 0 Å². The summed E-state index contributed by atoms with van der Waals surface area (Å²) in [6.45, 7) is 2.65. The second kappa shape index (κ2) is 7.59. The Morgan fingerprint density at radius 2 is 1.67 bits per heavy atom. The molecule has 27 heavy (non-hydrogen) atoms. The minimum absolute atomic E-state index is 0.211. The lowest BCUT2D eigenvalue weighted by Crippen LogP contribution is -2.40. The second-order valence-corrected chi connectivity index (χ2v) is 6.65. The standard InChI is InChI=1S/C20H22N4O3/c1-20(18(26)23-19(27)24-20)16-8-6-15(7-9-16)17(25)22-12-14-4-2-13(3-5-14)10-11-21/h2-9H,10-12,21H2,1H3,(H,22,25)(H2,23,24,26,27). The highest BCUT2D eigenvalue weighted by Gasteiger charge is 2.43. The maximum absolute atomic E-state index is 12.3. The maximum Gasteiger partial charge on any atom is 0.322 e. The number of urea groups is 1. The van der Waals surface area contributed by atoms with Crippen molar-refractivity contribution in [3.63, 3.8) is 0 Å². The van der Waals surface area contributed by atoms with Crippen LogP contribution in [0, 0.1) is 0 Å². The van der Waals surface area contributed by atoms with Gasteiger partial charge < -0.3 is 16.4 Å². The Morgan fingerprint density at radius 1 is 1.04 bits per heavy atom. The van der Waals surface area contributed by atoms with Gasteiger partial charge >= 0.3 is 6.03 Å². The predicted octanol–water partition coefficient (Wildman–Crippen LogP) is 1.17. The fraction of sp³-hybridized carbons (Fsp3) is 0.250. The van der Waals surface area contributed by atoms with E-state index < -0.39 is 17.5 Å². The molecule has 2 aromatic carbocycles. The summed E-state index contributed by atoms with van der Waals surface area (Å²) in [6, 6.07) is 14.0. The zero-order chi connectivity index (χ0) is 19.4. The molecule has 1 aliphatic rings. The van der Waals surface area contributed by atoms with Crippen LogP contribution in [-0.2, 0) is 23.3 Å². The number of imide groups is 1. The highest BCUT2D eigenvalue weighted by atomic mass is 16.2. The number of nitrogens with one attached hydrogen (secondary N) is 3. The summed E-state index contributed by atoms with van der Waals surface area (Å²) in [6.07, 6.45) is 0.830. The number of carbonyl (C=O) groups excluding carboxylic acids is 3. The van der Waals surface area contributed by atoms with Crippen LogP contribution in [0.4, 0.5) is 4.79 Å². The Bertz CT molecular complexity index is 862. The van der Waals surface area contributed by atoms with Crippen LogP contribution in [0.1, 0.15) is 34.0 Å². The molecule has 1 saturated heterocycles. The first-order valence-corrected chi connectivity index (χ1v) is 8.72. The van der Waals surface area contributed by atoms with Gasteiger partial charge in [0, 0.05) is 12.1 Å². The highest BCUT2D eigenvalue weighted by Crippen LogP contribution is 2.24. The van der Waals surface area contributed by atoms with Crippen LogP contribution >= 0.6 is 0 Å². The molecular weight excluding hydrogens is 344 g/mol. The van der Waals surface area contributed by atoms with Gasteiger partial charge in [0.15, 0.2) is 0 Å². The molecule has 0 aliphatic carbocycles. The van der Waals surface area contributed by atoms with E-state index in [-0.39, 0.29) is 5.91 Å². The molecule has 0 saturated carbocycles. The third kappa shape index (κ3) is 3.98. The quantitative estimate of drug-likeness (QED) is 0.575. The molecule has 140 valence electrons. The lowest BCUT2D eigenvalue weighted by molar-refractivity contribution is -0.123. The summed E-state index contributed by atoms with van der Waals surface area (Å²) in [7, 11) is 0. The second-order valence-electron chi connectivity index (χ2n) is 6.65. The highest BCUT2D eigenvalue weighted by molar-refractivity contribution is 6.07. The molecule has 1 atom stereocenters. The van der Waals surface area contributed by atoms with Crippen molar-refractivity contribution in [2.45, 2.75) is 25.4 Å². The molecule has 2 aromatic rings. The first-order chi connectivity index (χ1) is 12.9. The summed E-state index contributed by atoms with van der Waals surface area (Å²) in [4.78, 5) is 35.7. The molecule has 1 heterocycles. The van der Waals surface area contributed by atoms with Crippen molar-refractivity contribution in [1.82, 2.24) is 16.0 Å². The van der Waals surface area contributed by atoms with E-state index in [1.165, 1.54) is 5.56 Å². The summed E-state index contributed by atoms with van der Waals surface area (Å²) in [5.74, 6) is -0.625. The van der Waals surface area contributed by atoms with Gasteiger partial charge in [-0.05, 0) is 48.7 Å². The Hall–Kier alpha value is -3.19. The molecule has 1 unspecified atom stereocenters. The molecule has 1 fully saturated rings. The largest absolute Gasteiger partial charge is 0.348 e. The Labute approximate surface area is 157 Å². The van der Waals surface area contributed by atoms with Gasteiger partial charge in [-0.1, -0.05) is 36.4 Å². The van der Waals surface area contributed by atoms with E-state index in [1.807, 2.05) is 24.3 Å². The van der Waals surface area contributed by atoms with Gasteiger partial charge in [-0.25, -0.2) is 4.79 Å². The Balaban J connectivity index is 1.62. The third-order valence-corrected chi connectivity index (χ3v) is 4.68. The van der Waals surface area contributed by atoms with E-state index in [0.717, 1.165) is 12.0 Å². The van der Waals surface area contributed by atoms with Crippen molar-refractivity contribution in [2.75, 3.05) is 6.54 Å². The summed E-state index contributed by atoms with van der Waals surface area (Å²) >= 11 is 0. The lowest BCUT2D eigenvalue weighted by Gasteiger charge is -2.21. The third-order valence-electron chi connectivity index (χ3n) is 4.68. The normalized spacial score (nSPS) is 18.7. The zero-order valence-corrected chi connectivity index (χ0v) is 15.0. The molecule has 0 bridgehead atoms. The average Bonchev–Trinajstić information content (AvgIpc) is 2.94. The monoisotopic (exact) mass is 366 g/mol. The van der Waals surface area contributed by atoms with Crippen LogP contribution in [0.25, 0.3) is 0 Å². The van der Waals surface area contributed by atoms with Crippen LogP contribution in [0.3, 0.4) is 0 Å². The topological polar surface area (TPSA) is 113 Å². The van der Waals surface area contributed by atoms with Crippen molar-refractivity contribution in [3.05, 3.63) is 70.8 Å². The number of hydrogen-bond acceptors (Lipinski definition) is 4. The average molecular weight is 366 g/mol. The van der Waals surface area contributed by atoms with Crippen LogP contribution in [-0.4, -0.2) is 24.4 Å². The molecule has 7 nitrogen and oxygen atoms in total. The molecule has 7 heteroatoms. The SMILES string of the molecule is CC1(c2ccc(C(=O)NCc3ccc(CCN)cc3)cc2)NC(=O)NC1=O. The van der Waals surface area contributed by atoms with Crippen molar-refractivity contribution in [1.29, 1.82) is 0 Å². The minimum atomic E-state index is -1.13. The molecule has 4 amide bonds. The van der Waals surface area contributed by atoms with Crippen LogP contribution in [0.5, 0.6) is 0 Å². The van der Waals surface area contributed by atoms with Gasteiger partial charge in [0.1, 0.15) is 5.54 Å². The van der Waals surface area contributed by atoms with Crippen LogP contribution in [0.15, 0.2) is 48.5 Å². The number of carbonyl (C=O) groups is 3. The molecule has 5 N–H and O–H groups in total. The summed E-state index contributed by atoms with van der Waals surface area (Å²) < 4.78 is 0. The molecule has 0 radical (unpaired) electrons. The molecule has 3 rings (SSSR count). The van der Waals surface area contributed by atoms with Crippen LogP contribution < -0.4 is 21.7 Å². The lowest BCUT2D eigenvalue weighted by atomic mass is 9.91.